The highest BCUT2D eigenvalue weighted by molar-refractivity contribution is 5.95. The maximum atomic E-state index is 12.4. The second-order valence-corrected chi connectivity index (χ2v) is 5.87. The van der Waals surface area contributed by atoms with Gasteiger partial charge in [-0.05, 0) is 56.6 Å². The second-order valence-electron chi connectivity index (χ2n) is 5.87. The SMILES string of the molecule is COc1ccc(-n2c(C)cc(C(=O)NCC(C)CN)c2C)cc1.Cl. The monoisotopic (exact) mass is 351 g/mol. The third-order valence-corrected chi connectivity index (χ3v) is 4.02. The fourth-order valence-corrected chi connectivity index (χ4v) is 2.57. The topological polar surface area (TPSA) is 69.3 Å². The van der Waals surface area contributed by atoms with Gasteiger partial charge in [0, 0.05) is 23.6 Å². The molecule has 1 unspecified atom stereocenters. The molecule has 5 nitrogen and oxygen atoms in total. The van der Waals surface area contributed by atoms with Crippen LogP contribution in [0.5, 0.6) is 5.75 Å². The van der Waals surface area contributed by atoms with Gasteiger partial charge in [0.25, 0.3) is 5.91 Å². The molecule has 0 aliphatic heterocycles. The lowest BCUT2D eigenvalue weighted by Crippen LogP contribution is -2.31. The van der Waals surface area contributed by atoms with E-state index in [4.69, 9.17) is 10.5 Å². The average molecular weight is 352 g/mol. The van der Waals surface area contributed by atoms with Crippen molar-refractivity contribution in [2.24, 2.45) is 11.7 Å². The molecule has 6 heteroatoms. The van der Waals surface area contributed by atoms with Gasteiger partial charge in [0.1, 0.15) is 5.75 Å². The van der Waals surface area contributed by atoms with Gasteiger partial charge in [-0.2, -0.15) is 0 Å². The molecule has 0 bridgehead atoms. The van der Waals surface area contributed by atoms with Crippen LogP contribution in [-0.4, -0.2) is 30.7 Å². The van der Waals surface area contributed by atoms with E-state index in [0.29, 0.717) is 18.7 Å². The fourth-order valence-electron chi connectivity index (χ4n) is 2.57. The molecule has 0 aliphatic rings. The standard InChI is InChI=1S/C18H25N3O2.ClH/c1-12(10-19)11-20-18(22)17-9-13(2)21(14(17)3)15-5-7-16(23-4)8-6-15;/h5-9,12H,10-11,19H2,1-4H3,(H,20,22);1H. The zero-order chi connectivity index (χ0) is 17.0. The minimum Gasteiger partial charge on any atom is -0.497 e. The van der Waals surface area contributed by atoms with Gasteiger partial charge < -0.3 is 20.4 Å². The number of carbonyl (C=O) groups is 1. The van der Waals surface area contributed by atoms with E-state index in [9.17, 15) is 4.79 Å². The van der Waals surface area contributed by atoms with Crippen molar-refractivity contribution in [3.05, 3.63) is 47.3 Å². The molecule has 132 valence electrons. The maximum absolute atomic E-state index is 12.4. The van der Waals surface area contributed by atoms with Crippen LogP contribution in [0, 0.1) is 19.8 Å². The van der Waals surface area contributed by atoms with E-state index in [0.717, 1.165) is 22.8 Å². The molecule has 2 aromatic rings. The van der Waals surface area contributed by atoms with Crippen molar-refractivity contribution in [2.75, 3.05) is 20.2 Å². The van der Waals surface area contributed by atoms with Crippen molar-refractivity contribution in [2.45, 2.75) is 20.8 Å². The van der Waals surface area contributed by atoms with Crippen LogP contribution < -0.4 is 15.8 Å². The Morgan fingerprint density at radius 2 is 1.92 bits per heavy atom. The summed E-state index contributed by atoms with van der Waals surface area (Å²) in [4.78, 5) is 12.4. The first-order valence-electron chi connectivity index (χ1n) is 7.79. The summed E-state index contributed by atoms with van der Waals surface area (Å²) in [6.07, 6.45) is 0. The Morgan fingerprint density at radius 1 is 1.29 bits per heavy atom. The smallest absolute Gasteiger partial charge is 0.253 e. The zero-order valence-electron chi connectivity index (χ0n) is 14.6. The molecule has 1 aromatic carbocycles. The minimum atomic E-state index is -0.0573. The molecule has 1 aromatic heterocycles. The predicted octanol–water partition coefficient (Wildman–Crippen LogP) is 2.85. The van der Waals surface area contributed by atoms with E-state index in [2.05, 4.69) is 9.88 Å². The summed E-state index contributed by atoms with van der Waals surface area (Å²) < 4.78 is 7.26. The van der Waals surface area contributed by atoms with Crippen LogP contribution in [0.15, 0.2) is 30.3 Å². The highest BCUT2D eigenvalue weighted by atomic mass is 35.5. The van der Waals surface area contributed by atoms with Crippen LogP contribution >= 0.6 is 12.4 Å². The van der Waals surface area contributed by atoms with Gasteiger partial charge in [0.05, 0.1) is 12.7 Å². The zero-order valence-corrected chi connectivity index (χ0v) is 15.4. The highest BCUT2D eigenvalue weighted by Crippen LogP contribution is 2.22. The molecule has 1 heterocycles. The maximum Gasteiger partial charge on any atom is 0.253 e. The number of aryl methyl sites for hydroxylation is 1. The fraction of sp³-hybridized carbons (Fsp3) is 0.389. The number of hydrogen-bond donors (Lipinski definition) is 2. The Morgan fingerprint density at radius 3 is 2.46 bits per heavy atom. The van der Waals surface area contributed by atoms with Gasteiger partial charge in [-0.3, -0.25) is 4.79 Å². The first kappa shape index (κ1) is 20.1. The van der Waals surface area contributed by atoms with Crippen molar-refractivity contribution < 1.29 is 9.53 Å². The summed E-state index contributed by atoms with van der Waals surface area (Å²) in [7, 11) is 1.64. The van der Waals surface area contributed by atoms with E-state index < -0.39 is 0 Å². The lowest BCUT2D eigenvalue weighted by atomic mass is 10.1. The Labute approximate surface area is 149 Å². The summed E-state index contributed by atoms with van der Waals surface area (Å²) in [5.74, 6) is 1.02. The van der Waals surface area contributed by atoms with Gasteiger partial charge >= 0.3 is 0 Å². The lowest BCUT2D eigenvalue weighted by molar-refractivity contribution is 0.0948. The van der Waals surface area contributed by atoms with Crippen molar-refractivity contribution in [3.8, 4) is 11.4 Å². The number of benzene rings is 1. The van der Waals surface area contributed by atoms with Crippen molar-refractivity contribution in [1.82, 2.24) is 9.88 Å². The van der Waals surface area contributed by atoms with Crippen LogP contribution in [0.1, 0.15) is 28.7 Å². The number of nitrogens with zero attached hydrogens (tertiary/aromatic N) is 1. The summed E-state index contributed by atoms with van der Waals surface area (Å²) >= 11 is 0. The van der Waals surface area contributed by atoms with Gasteiger partial charge in [0.2, 0.25) is 0 Å². The van der Waals surface area contributed by atoms with Gasteiger partial charge in [-0.15, -0.1) is 12.4 Å². The molecule has 0 radical (unpaired) electrons. The second kappa shape index (κ2) is 8.76. The number of carbonyl (C=O) groups excluding carboxylic acids is 1. The van der Waals surface area contributed by atoms with Crippen LogP contribution in [0.4, 0.5) is 0 Å². The Bertz CT molecular complexity index is 680. The predicted molar refractivity (Wildman–Crippen MR) is 99.6 cm³/mol. The number of hydrogen-bond acceptors (Lipinski definition) is 3. The largest absolute Gasteiger partial charge is 0.497 e. The molecule has 0 saturated carbocycles. The highest BCUT2D eigenvalue weighted by Gasteiger charge is 2.17. The molecule has 1 atom stereocenters. The van der Waals surface area contributed by atoms with Crippen molar-refractivity contribution in [1.29, 1.82) is 0 Å². The summed E-state index contributed by atoms with van der Waals surface area (Å²) in [5, 5.41) is 2.95. The summed E-state index contributed by atoms with van der Waals surface area (Å²) in [5.41, 5.74) is 9.24. The molecule has 0 aliphatic carbocycles. The van der Waals surface area contributed by atoms with E-state index in [-0.39, 0.29) is 24.2 Å². The van der Waals surface area contributed by atoms with Crippen molar-refractivity contribution in [3.63, 3.8) is 0 Å². The molecule has 1 amide bonds. The van der Waals surface area contributed by atoms with E-state index in [1.54, 1.807) is 7.11 Å². The Balaban J connectivity index is 0.00000288. The van der Waals surface area contributed by atoms with Gasteiger partial charge in [0.15, 0.2) is 0 Å². The molecule has 0 spiro atoms. The molecule has 0 fully saturated rings. The number of aromatic nitrogens is 1. The van der Waals surface area contributed by atoms with E-state index >= 15 is 0 Å². The quantitative estimate of drug-likeness (QED) is 0.840. The first-order valence-corrected chi connectivity index (χ1v) is 7.79. The van der Waals surface area contributed by atoms with E-state index in [1.165, 1.54) is 0 Å². The molecular weight excluding hydrogens is 326 g/mol. The third kappa shape index (κ3) is 4.30. The number of nitrogens with two attached hydrogens (primary N) is 1. The summed E-state index contributed by atoms with van der Waals surface area (Å²) in [6, 6.07) is 9.71. The Hall–Kier alpha value is -1.98. The first-order chi connectivity index (χ1) is 11.0. The van der Waals surface area contributed by atoms with Gasteiger partial charge in [-0.25, -0.2) is 0 Å². The number of ether oxygens (including phenoxy) is 1. The Kier molecular flexibility index (Phi) is 7.32. The number of halogens is 1. The lowest BCUT2D eigenvalue weighted by Gasteiger charge is -2.12. The molecule has 2 rings (SSSR count). The third-order valence-electron chi connectivity index (χ3n) is 4.02. The minimum absolute atomic E-state index is 0. The normalized spacial score (nSPS) is 11.5. The van der Waals surface area contributed by atoms with Crippen LogP contribution in [0.3, 0.4) is 0 Å². The van der Waals surface area contributed by atoms with Crippen LogP contribution in [0.2, 0.25) is 0 Å². The average Bonchev–Trinajstić information content (AvgIpc) is 2.87. The number of amides is 1. The van der Waals surface area contributed by atoms with Crippen LogP contribution in [-0.2, 0) is 0 Å². The van der Waals surface area contributed by atoms with Crippen LogP contribution in [0.25, 0.3) is 5.69 Å². The number of nitrogens with one attached hydrogen (secondary N) is 1. The molecule has 3 N–H and O–H groups in total. The number of methoxy groups -OCH3 is 1. The number of rotatable bonds is 6. The molecular formula is C18H26ClN3O2. The summed E-state index contributed by atoms with van der Waals surface area (Å²) in [6.45, 7) is 7.11. The molecule has 0 saturated heterocycles. The van der Waals surface area contributed by atoms with Gasteiger partial charge in [-0.1, -0.05) is 6.92 Å². The molecule has 24 heavy (non-hydrogen) atoms. The van der Waals surface area contributed by atoms with Crippen molar-refractivity contribution >= 4 is 18.3 Å². The van der Waals surface area contributed by atoms with E-state index in [1.807, 2.05) is 51.1 Å².